The molecule has 0 saturated carbocycles. The molecule has 1 fully saturated rings. The summed E-state index contributed by atoms with van der Waals surface area (Å²) in [5, 5.41) is 0. The van der Waals surface area contributed by atoms with Gasteiger partial charge in [-0.3, -0.25) is 9.69 Å². The van der Waals surface area contributed by atoms with Crippen molar-refractivity contribution in [3.63, 3.8) is 0 Å². The van der Waals surface area contributed by atoms with E-state index in [0.29, 0.717) is 6.54 Å². The summed E-state index contributed by atoms with van der Waals surface area (Å²) in [5.41, 5.74) is -0.314. The lowest BCUT2D eigenvalue weighted by Crippen LogP contribution is -2.44. The molecule has 20 heavy (non-hydrogen) atoms. The van der Waals surface area contributed by atoms with E-state index in [2.05, 4.69) is 14.6 Å². The number of nitrogens with zero attached hydrogens (tertiary/aromatic N) is 1. The van der Waals surface area contributed by atoms with Crippen molar-refractivity contribution in [2.75, 3.05) is 19.6 Å². The van der Waals surface area contributed by atoms with E-state index in [9.17, 15) is 13.2 Å². The number of nitrogens with one attached hydrogen (secondary N) is 2. The van der Waals surface area contributed by atoms with E-state index in [0.717, 1.165) is 13.1 Å². The van der Waals surface area contributed by atoms with Crippen molar-refractivity contribution < 1.29 is 8.42 Å². The van der Waals surface area contributed by atoms with Gasteiger partial charge in [-0.15, -0.1) is 0 Å². The number of rotatable bonds is 5. The fourth-order valence-corrected chi connectivity index (χ4v) is 3.45. The Labute approximate surface area is 119 Å². The van der Waals surface area contributed by atoms with Gasteiger partial charge in [-0.25, -0.2) is 13.1 Å². The molecule has 2 rings (SSSR count). The average Bonchev–Trinajstić information content (AvgIpc) is 2.46. The van der Waals surface area contributed by atoms with Crippen molar-refractivity contribution in [1.82, 2.24) is 14.6 Å². The molecule has 2 heterocycles. The summed E-state index contributed by atoms with van der Waals surface area (Å²) in [5.74, 6) is 0. The molecule has 1 saturated heterocycles. The SMILES string of the molecule is CC(CNS(=O)(=O)c1ccc(=O)[nH]c1)N1CCCCC1. The molecule has 1 aromatic heterocycles. The highest BCUT2D eigenvalue weighted by molar-refractivity contribution is 7.89. The van der Waals surface area contributed by atoms with Crippen LogP contribution in [0.1, 0.15) is 26.2 Å². The van der Waals surface area contributed by atoms with Gasteiger partial charge in [0.25, 0.3) is 0 Å². The highest BCUT2D eigenvalue weighted by atomic mass is 32.2. The second kappa shape index (κ2) is 6.51. The molecule has 0 bridgehead atoms. The van der Waals surface area contributed by atoms with Crippen molar-refractivity contribution in [3.8, 4) is 0 Å². The van der Waals surface area contributed by atoms with E-state index in [4.69, 9.17) is 0 Å². The van der Waals surface area contributed by atoms with Crippen LogP contribution in [0, 0.1) is 0 Å². The minimum Gasteiger partial charge on any atom is -0.328 e. The molecule has 0 aromatic carbocycles. The number of sulfonamides is 1. The van der Waals surface area contributed by atoms with Crippen molar-refractivity contribution in [1.29, 1.82) is 0 Å². The van der Waals surface area contributed by atoms with Crippen molar-refractivity contribution in [3.05, 3.63) is 28.7 Å². The Kier molecular flexibility index (Phi) is 4.95. The third-order valence-corrected chi connectivity index (χ3v) is 5.07. The lowest BCUT2D eigenvalue weighted by atomic mass is 10.1. The molecule has 0 amide bonds. The van der Waals surface area contributed by atoms with Crippen LogP contribution in [-0.4, -0.2) is 44.0 Å². The zero-order chi connectivity index (χ0) is 14.6. The van der Waals surface area contributed by atoms with E-state index in [1.54, 1.807) is 0 Å². The van der Waals surface area contributed by atoms with Gasteiger partial charge < -0.3 is 4.98 Å². The molecule has 0 spiro atoms. The highest BCUT2D eigenvalue weighted by Gasteiger charge is 2.20. The standard InChI is InChI=1S/C13H21N3O3S/c1-11(16-7-3-2-4-8-16)9-15-20(18,19)12-5-6-13(17)14-10-12/h5-6,10-11,15H,2-4,7-9H2,1H3,(H,14,17). The summed E-state index contributed by atoms with van der Waals surface area (Å²) in [6, 6.07) is 2.70. The molecule has 1 atom stereocenters. The maximum absolute atomic E-state index is 12.1. The van der Waals surface area contributed by atoms with E-state index < -0.39 is 10.0 Å². The van der Waals surface area contributed by atoms with Crippen LogP contribution in [0.2, 0.25) is 0 Å². The van der Waals surface area contributed by atoms with E-state index >= 15 is 0 Å². The molecule has 1 aliphatic heterocycles. The number of H-pyrrole nitrogens is 1. The third kappa shape index (κ3) is 3.91. The highest BCUT2D eigenvalue weighted by Crippen LogP contribution is 2.12. The number of likely N-dealkylation sites (tertiary alicyclic amines) is 1. The molecular formula is C13H21N3O3S. The van der Waals surface area contributed by atoms with Crippen molar-refractivity contribution in [2.24, 2.45) is 0 Å². The molecule has 1 unspecified atom stereocenters. The van der Waals surface area contributed by atoms with Crippen LogP contribution in [-0.2, 0) is 10.0 Å². The number of aromatic amines is 1. The first kappa shape index (κ1) is 15.2. The minimum atomic E-state index is -3.56. The Balaban J connectivity index is 1.94. The van der Waals surface area contributed by atoms with Crippen LogP contribution in [0.25, 0.3) is 0 Å². The summed E-state index contributed by atoms with van der Waals surface area (Å²) in [7, 11) is -3.56. The summed E-state index contributed by atoms with van der Waals surface area (Å²) in [6.07, 6.45) is 4.83. The van der Waals surface area contributed by atoms with E-state index in [1.807, 2.05) is 6.92 Å². The molecule has 6 nitrogen and oxygen atoms in total. The van der Waals surface area contributed by atoms with Crippen LogP contribution < -0.4 is 10.3 Å². The first-order valence-corrected chi connectivity index (χ1v) is 8.40. The summed E-state index contributed by atoms with van der Waals surface area (Å²) in [4.78, 5) is 15.7. The molecule has 0 radical (unpaired) electrons. The lowest BCUT2D eigenvalue weighted by Gasteiger charge is -2.32. The van der Waals surface area contributed by atoms with E-state index in [-0.39, 0.29) is 16.5 Å². The fourth-order valence-electron chi connectivity index (χ4n) is 2.37. The average molecular weight is 299 g/mol. The summed E-state index contributed by atoms with van der Waals surface area (Å²) < 4.78 is 26.8. The van der Waals surface area contributed by atoms with Gasteiger partial charge in [-0.2, -0.15) is 0 Å². The molecular weight excluding hydrogens is 278 g/mol. The topological polar surface area (TPSA) is 82.3 Å². The maximum Gasteiger partial charge on any atom is 0.247 e. The number of hydrogen-bond acceptors (Lipinski definition) is 4. The Morgan fingerprint density at radius 2 is 2.00 bits per heavy atom. The third-order valence-electron chi connectivity index (χ3n) is 3.65. The van der Waals surface area contributed by atoms with Gasteiger partial charge in [-0.1, -0.05) is 6.42 Å². The number of pyridine rings is 1. The van der Waals surface area contributed by atoms with Crippen LogP contribution in [0.3, 0.4) is 0 Å². The fraction of sp³-hybridized carbons (Fsp3) is 0.615. The molecule has 7 heteroatoms. The zero-order valence-corrected chi connectivity index (χ0v) is 12.4. The second-order valence-corrected chi connectivity index (χ2v) is 6.95. The first-order valence-electron chi connectivity index (χ1n) is 6.91. The predicted molar refractivity (Wildman–Crippen MR) is 77.1 cm³/mol. The van der Waals surface area contributed by atoms with Gasteiger partial charge in [-0.05, 0) is 38.9 Å². The minimum absolute atomic E-state index is 0.0861. The van der Waals surface area contributed by atoms with Gasteiger partial charge in [0.1, 0.15) is 0 Å². The van der Waals surface area contributed by atoms with Gasteiger partial charge in [0.2, 0.25) is 15.6 Å². The first-order chi connectivity index (χ1) is 9.49. The second-order valence-electron chi connectivity index (χ2n) is 5.19. The Morgan fingerprint density at radius 3 is 2.60 bits per heavy atom. The van der Waals surface area contributed by atoms with Gasteiger partial charge in [0.15, 0.2) is 0 Å². The van der Waals surface area contributed by atoms with Gasteiger partial charge >= 0.3 is 0 Å². The van der Waals surface area contributed by atoms with Gasteiger partial charge in [0.05, 0.1) is 4.90 Å². The molecule has 112 valence electrons. The van der Waals surface area contributed by atoms with Crippen LogP contribution in [0.5, 0.6) is 0 Å². The Hall–Kier alpha value is -1.18. The number of hydrogen-bond donors (Lipinski definition) is 2. The van der Waals surface area contributed by atoms with E-state index in [1.165, 1.54) is 37.6 Å². The number of piperidine rings is 1. The maximum atomic E-state index is 12.1. The molecule has 2 N–H and O–H groups in total. The Morgan fingerprint density at radius 1 is 1.30 bits per heavy atom. The largest absolute Gasteiger partial charge is 0.328 e. The quantitative estimate of drug-likeness (QED) is 0.831. The van der Waals surface area contributed by atoms with Crippen LogP contribution in [0.4, 0.5) is 0 Å². The van der Waals surface area contributed by atoms with Crippen LogP contribution >= 0.6 is 0 Å². The molecule has 1 aliphatic rings. The normalized spacial score (nSPS) is 18.9. The number of aromatic nitrogens is 1. The summed E-state index contributed by atoms with van der Waals surface area (Å²) in [6.45, 7) is 4.46. The van der Waals surface area contributed by atoms with Crippen molar-refractivity contribution >= 4 is 10.0 Å². The predicted octanol–water partition coefficient (Wildman–Crippen LogP) is 0.528. The molecule has 1 aromatic rings. The summed E-state index contributed by atoms with van der Waals surface area (Å²) >= 11 is 0. The monoisotopic (exact) mass is 299 g/mol. The molecule has 0 aliphatic carbocycles. The lowest BCUT2D eigenvalue weighted by molar-refractivity contribution is 0.175. The Bertz CT molecular complexity index is 571. The zero-order valence-electron chi connectivity index (χ0n) is 11.6. The van der Waals surface area contributed by atoms with Crippen molar-refractivity contribution in [2.45, 2.75) is 37.1 Å². The van der Waals surface area contributed by atoms with Gasteiger partial charge in [0, 0.05) is 24.8 Å². The van der Waals surface area contributed by atoms with Crippen LogP contribution in [0.15, 0.2) is 28.0 Å². The smallest absolute Gasteiger partial charge is 0.247 e.